The van der Waals surface area contributed by atoms with Crippen molar-refractivity contribution < 1.29 is 29.9 Å². The van der Waals surface area contributed by atoms with Gasteiger partial charge in [-0.15, -0.1) is 0 Å². The van der Waals surface area contributed by atoms with Gasteiger partial charge in [0.2, 0.25) is 0 Å². The average molecular weight is 267 g/mol. The third-order valence-corrected chi connectivity index (χ3v) is 2.65. The van der Waals surface area contributed by atoms with Gasteiger partial charge in [0, 0.05) is 6.54 Å². The van der Waals surface area contributed by atoms with Crippen molar-refractivity contribution in [2.75, 3.05) is 13.2 Å². The smallest absolute Gasteiger partial charge is 0.256 e. The van der Waals surface area contributed by atoms with E-state index in [1.54, 1.807) is 0 Å². The van der Waals surface area contributed by atoms with Crippen molar-refractivity contribution in [3.05, 3.63) is 0 Å². The van der Waals surface area contributed by atoms with Gasteiger partial charge in [0.15, 0.2) is 6.29 Å². The molecule has 1 fully saturated rings. The molecule has 0 radical (unpaired) electrons. The van der Waals surface area contributed by atoms with Crippen LogP contribution in [0.25, 0.3) is 0 Å². The molecule has 0 spiro atoms. The second-order valence-corrected chi connectivity index (χ2v) is 4.04. The number of hydrogen-bond donors (Lipinski definition) is 5. The molecule has 1 saturated heterocycles. The maximum atomic E-state index is 9.58. The van der Waals surface area contributed by atoms with Gasteiger partial charge in [0.25, 0.3) is 5.17 Å². The number of aliphatic hydroxyl groups excluding tert-OH is 4. The zero-order chi connectivity index (χ0) is 13.0. The minimum absolute atomic E-state index is 0.131. The maximum Gasteiger partial charge on any atom is 0.256 e. The molecule has 0 aromatic rings. The fraction of sp³-hybridized carbons (Fsp3) is 0.889. The minimum Gasteiger partial charge on any atom is -0.468 e. The van der Waals surface area contributed by atoms with Crippen LogP contribution in [0.5, 0.6) is 0 Å². The van der Waals surface area contributed by atoms with Gasteiger partial charge in [0.1, 0.15) is 31.0 Å². The van der Waals surface area contributed by atoms with E-state index < -0.39 is 30.7 Å². The molecule has 1 heterocycles. The predicted molar refractivity (Wildman–Crippen MR) is 61.1 cm³/mol. The quantitative estimate of drug-likeness (QED) is 0.363. The van der Waals surface area contributed by atoms with Gasteiger partial charge in [0.05, 0.1) is 0 Å². The molecule has 0 amide bonds. The fourth-order valence-corrected chi connectivity index (χ4v) is 1.63. The number of nitrogens with one attached hydrogen (secondary N) is 1. The molecule has 0 aliphatic carbocycles. The van der Waals surface area contributed by atoms with Crippen molar-refractivity contribution >= 4 is 17.4 Å². The van der Waals surface area contributed by atoms with Crippen molar-refractivity contribution in [1.82, 2.24) is 5.32 Å². The van der Waals surface area contributed by atoms with Crippen LogP contribution in [0.3, 0.4) is 0 Å². The average Bonchev–Trinajstić information content (AvgIpc) is 2.30. The number of aliphatic hydroxyl groups is 4. The first kappa shape index (κ1) is 14.6. The summed E-state index contributed by atoms with van der Waals surface area (Å²) in [5.41, 5.74) is 0. The fourth-order valence-electron chi connectivity index (χ4n) is 1.42. The van der Waals surface area contributed by atoms with Gasteiger partial charge in [-0.2, -0.15) is 0 Å². The van der Waals surface area contributed by atoms with Crippen molar-refractivity contribution in [2.24, 2.45) is 0 Å². The van der Waals surface area contributed by atoms with Crippen LogP contribution >= 0.6 is 12.2 Å². The van der Waals surface area contributed by atoms with Crippen molar-refractivity contribution in [2.45, 2.75) is 37.6 Å². The first-order chi connectivity index (χ1) is 7.97. The van der Waals surface area contributed by atoms with E-state index in [2.05, 4.69) is 5.32 Å². The highest BCUT2D eigenvalue weighted by molar-refractivity contribution is 7.80. The zero-order valence-corrected chi connectivity index (χ0v) is 10.1. The first-order valence-electron chi connectivity index (χ1n) is 5.25. The molecular weight excluding hydrogens is 250 g/mol. The molecule has 0 bridgehead atoms. The van der Waals surface area contributed by atoms with Gasteiger partial charge in [-0.25, -0.2) is 0 Å². The molecular formula is C9H17NO6S. The van der Waals surface area contributed by atoms with E-state index in [4.69, 9.17) is 21.7 Å². The third kappa shape index (κ3) is 3.73. The van der Waals surface area contributed by atoms with Gasteiger partial charge >= 0.3 is 0 Å². The molecule has 0 aromatic carbocycles. The maximum absolute atomic E-state index is 9.58. The summed E-state index contributed by atoms with van der Waals surface area (Å²) in [6.45, 7) is 2.30. The van der Waals surface area contributed by atoms with Crippen molar-refractivity contribution in [1.29, 1.82) is 0 Å². The van der Waals surface area contributed by atoms with Crippen molar-refractivity contribution in [3.8, 4) is 0 Å². The highest BCUT2D eigenvalue weighted by atomic mass is 32.1. The molecule has 1 aliphatic rings. The minimum atomic E-state index is -1.56. The number of hydrogen-bond acceptors (Lipinski definition) is 7. The molecule has 0 aromatic heterocycles. The molecule has 5 atom stereocenters. The lowest BCUT2D eigenvalue weighted by Gasteiger charge is -2.38. The van der Waals surface area contributed by atoms with E-state index in [-0.39, 0.29) is 11.8 Å². The molecule has 17 heavy (non-hydrogen) atoms. The van der Waals surface area contributed by atoms with Crippen LogP contribution in [-0.2, 0) is 9.47 Å². The normalized spacial score (nSPS) is 37.6. The lowest BCUT2D eigenvalue weighted by Crippen LogP contribution is -2.58. The first-order valence-corrected chi connectivity index (χ1v) is 5.66. The Morgan fingerprint density at radius 2 is 1.88 bits per heavy atom. The summed E-state index contributed by atoms with van der Waals surface area (Å²) >= 11 is 4.80. The van der Waals surface area contributed by atoms with Gasteiger partial charge in [-0.3, -0.25) is 0 Å². The lowest BCUT2D eigenvalue weighted by molar-refractivity contribution is -0.285. The van der Waals surface area contributed by atoms with E-state index in [9.17, 15) is 20.4 Å². The standard InChI is InChI=1S/C9H17NO6S/c1-2-10-9(17)15-3-4-5(11)6(12)7(13)8(14)16-4/h4-8,11-14H,2-3H2,1H3,(H,10,17)/t4-,5+,6+,7-,8?/m1/s1. The molecule has 1 aliphatic heterocycles. The van der Waals surface area contributed by atoms with Crippen LogP contribution < -0.4 is 5.32 Å². The topological polar surface area (TPSA) is 111 Å². The lowest BCUT2D eigenvalue weighted by atomic mass is 9.99. The van der Waals surface area contributed by atoms with E-state index in [1.807, 2.05) is 6.92 Å². The van der Waals surface area contributed by atoms with Crippen LogP contribution in [0.2, 0.25) is 0 Å². The summed E-state index contributed by atoms with van der Waals surface area (Å²) < 4.78 is 9.95. The van der Waals surface area contributed by atoms with Gasteiger partial charge < -0.3 is 35.2 Å². The molecule has 1 unspecified atom stereocenters. The Morgan fingerprint density at radius 1 is 1.24 bits per heavy atom. The van der Waals surface area contributed by atoms with Gasteiger partial charge in [-0.05, 0) is 19.1 Å². The van der Waals surface area contributed by atoms with Crippen LogP contribution in [0.4, 0.5) is 0 Å². The Kier molecular flexibility index (Phi) is 5.50. The zero-order valence-electron chi connectivity index (χ0n) is 9.31. The highest BCUT2D eigenvalue weighted by Crippen LogP contribution is 2.19. The number of rotatable bonds is 3. The van der Waals surface area contributed by atoms with Crippen LogP contribution in [-0.4, -0.2) is 69.5 Å². The molecule has 8 heteroatoms. The van der Waals surface area contributed by atoms with Crippen LogP contribution in [0.1, 0.15) is 6.92 Å². The summed E-state index contributed by atoms with van der Waals surface area (Å²) in [6, 6.07) is 0. The Bertz CT molecular complexity index is 266. The summed E-state index contributed by atoms with van der Waals surface area (Å²) in [5, 5.41) is 40.3. The summed E-state index contributed by atoms with van der Waals surface area (Å²) in [5.74, 6) is 0. The SMILES string of the molecule is CCNC(=S)OC[C@H]1OC(O)[C@H](O)[C@@H](O)[C@H]1O. The van der Waals surface area contributed by atoms with E-state index in [0.717, 1.165) is 0 Å². The summed E-state index contributed by atoms with van der Waals surface area (Å²) in [6.07, 6.45) is -6.89. The number of ether oxygens (including phenoxy) is 2. The van der Waals surface area contributed by atoms with Crippen LogP contribution in [0.15, 0.2) is 0 Å². The van der Waals surface area contributed by atoms with E-state index in [0.29, 0.717) is 6.54 Å². The Balaban J connectivity index is 2.45. The van der Waals surface area contributed by atoms with Crippen molar-refractivity contribution in [3.63, 3.8) is 0 Å². The predicted octanol–water partition coefficient (Wildman–Crippen LogP) is -2.30. The van der Waals surface area contributed by atoms with E-state index in [1.165, 1.54) is 0 Å². The molecule has 1 rings (SSSR count). The molecule has 5 N–H and O–H groups in total. The number of thiocarbonyl (C=S) groups is 1. The Labute approximate surface area is 104 Å². The van der Waals surface area contributed by atoms with E-state index >= 15 is 0 Å². The molecule has 100 valence electrons. The second kappa shape index (κ2) is 6.43. The summed E-state index contributed by atoms with van der Waals surface area (Å²) in [4.78, 5) is 0. The Morgan fingerprint density at radius 3 is 2.47 bits per heavy atom. The summed E-state index contributed by atoms with van der Waals surface area (Å²) in [7, 11) is 0. The van der Waals surface area contributed by atoms with Crippen LogP contribution in [0, 0.1) is 0 Å². The third-order valence-electron chi connectivity index (χ3n) is 2.39. The molecule has 7 nitrogen and oxygen atoms in total. The highest BCUT2D eigenvalue weighted by Gasteiger charge is 2.43. The monoisotopic (exact) mass is 267 g/mol. The second-order valence-electron chi connectivity index (χ2n) is 3.67. The Hall–Kier alpha value is -0.510. The molecule has 0 saturated carbocycles. The van der Waals surface area contributed by atoms with Gasteiger partial charge in [-0.1, -0.05) is 0 Å². The largest absolute Gasteiger partial charge is 0.468 e.